The summed E-state index contributed by atoms with van der Waals surface area (Å²) in [5, 5.41) is 8.82. The lowest BCUT2D eigenvalue weighted by Crippen LogP contribution is -2.41. The number of aliphatic hydroxyl groups is 1. The summed E-state index contributed by atoms with van der Waals surface area (Å²) in [6, 6.07) is -0.277. The lowest BCUT2D eigenvalue weighted by atomic mass is 10.2. The van der Waals surface area contributed by atoms with Gasteiger partial charge < -0.3 is 9.84 Å². The Kier molecular flexibility index (Phi) is 3.26. The third kappa shape index (κ3) is 2.53. The number of ether oxygens (including phenoxy) is 1. The zero-order valence-electron chi connectivity index (χ0n) is 9.98. The van der Waals surface area contributed by atoms with Crippen LogP contribution in [0.5, 0.6) is 0 Å². The van der Waals surface area contributed by atoms with E-state index in [0.717, 1.165) is 11.2 Å². The quantitative estimate of drug-likeness (QED) is 0.507. The second-order valence-corrected chi connectivity index (χ2v) is 4.86. The summed E-state index contributed by atoms with van der Waals surface area (Å²) >= 11 is 0. The molecule has 1 aliphatic rings. The second-order valence-electron chi connectivity index (χ2n) is 4.86. The molecular weight excluding hydrogens is 210 g/mol. The first-order valence-corrected chi connectivity index (χ1v) is 5.16. The first-order chi connectivity index (χ1) is 7.26. The smallest absolute Gasteiger partial charge is 0.417 e. The molecule has 1 rings (SSSR count). The summed E-state index contributed by atoms with van der Waals surface area (Å²) in [7, 11) is 0. The summed E-state index contributed by atoms with van der Waals surface area (Å²) in [5.41, 5.74) is -0.402. The van der Waals surface area contributed by atoms with Crippen molar-refractivity contribution in [2.75, 3.05) is 0 Å². The van der Waals surface area contributed by atoms with Crippen molar-refractivity contribution in [2.45, 2.75) is 45.8 Å². The van der Waals surface area contributed by atoms with Gasteiger partial charge in [0.25, 0.3) is 5.91 Å². The van der Waals surface area contributed by atoms with Gasteiger partial charge in [-0.1, -0.05) is 0 Å². The number of imide groups is 1. The molecule has 1 saturated heterocycles. The average molecular weight is 227 g/mol. The Balaban J connectivity index is 2.82. The van der Waals surface area contributed by atoms with Crippen LogP contribution in [0.4, 0.5) is 4.79 Å². The van der Waals surface area contributed by atoms with Gasteiger partial charge in [0.2, 0.25) is 0 Å². The van der Waals surface area contributed by atoms with Gasteiger partial charge in [0.15, 0.2) is 0 Å². The normalized spacial score (nSPS) is 24.0. The van der Waals surface area contributed by atoms with Gasteiger partial charge in [0, 0.05) is 12.5 Å². The fraction of sp³-hybridized carbons (Fsp3) is 0.636. The van der Waals surface area contributed by atoms with Crippen LogP contribution in [0.3, 0.4) is 0 Å². The van der Waals surface area contributed by atoms with Gasteiger partial charge in [0.05, 0.1) is 11.8 Å². The number of likely N-dealkylation sites (tertiary alicyclic amines) is 1. The van der Waals surface area contributed by atoms with E-state index in [4.69, 9.17) is 9.84 Å². The van der Waals surface area contributed by atoms with Crippen molar-refractivity contribution < 1.29 is 19.4 Å². The predicted octanol–water partition coefficient (Wildman–Crippen LogP) is 1.98. The molecule has 1 unspecified atom stereocenters. The zero-order valence-corrected chi connectivity index (χ0v) is 9.98. The van der Waals surface area contributed by atoms with Gasteiger partial charge in [-0.2, -0.15) is 0 Å². The molecule has 1 N–H and O–H groups in total. The molecule has 0 spiro atoms. The largest absolute Gasteiger partial charge is 0.515 e. The number of carbonyl (C=O) groups excluding carboxylic acids is 2. The fourth-order valence-electron chi connectivity index (χ4n) is 1.53. The molecule has 0 radical (unpaired) electrons. The highest BCUT2D eigenvalue weighted by Gasteiger charge is 2.39. The number of aliphatic hydroxyl groups excluding tert-OH is 1. The minimum Gasteiger partial charge on any atom is -0.515 e. The maximum absolute atomic E-state index is 11.7. The Bertz CT molecular complexity index is 340. The first-order valence-electron chi connectivity index (χ1n) is 5.16. The van der Waals surface area contributed by atoms with Crippen molar-refractivity contribution in [3.05, 3.63) is 11.8 Å². The van der Waals surface area contributed by atoms with Gasteiger partial charge in [-0.25, -0.2) is 9.69 Å². The molecule has 0 aromatic rings. The lowest BCUT2D eigenvalue weighted by molar-refractivity contribution is -0.125. The molecule has 0 saturated carbocycles. The molecule has 90 valence electrons. The number of carbonyl (C=O) groups is 2. The summed E-state index contributed by atoms with van der Waals surface area (Å²) in [6.45, 7) is 6.94. The average Bonchev–Trinajstić information content (AvgIpc) is 2.38. The van der Waals surface area contributed by atoms with E-state index in [-0.39, 0.29) is 11.6 Å². The van der Waals surface area contributed by atoms with Crippen LogP contribution in [0.15, 0.2) is 11.8 Å². The molecule has 1 fully saturated rings. The molecule has 2 amide bonds. The highest BCUT2D eigenvalue weighted by molar-refractivity contribution is 6.04. The lowest BCUT2D eigenvalue weighted by Gasteiger charge is -2.25. The summed E-state index contributed by atoms with van der Waals surface area (Å²) in [6.07, 6.45) is 0.444. The van der Waals surface area contributed by atoms with Crippen LogP contribution in [-0.2, 0) is 9.53 Å². The summed E-state index contributed by atoms with van der Waals surface area (Å²) in [4.78, 5) is 24.4. The van der Waals surface area contributed by atoms with Crippen LogP contribution in [0.1, 0.15) is 34.1 Å². The second kappa shape index (κ2) is 4.15. The van der Waals surface area contributed by atoms with Gasteiger partial charge in [-0.3, -0.25) is 4.79 Å². The Hall–Kier alpha value is -1.52. The third-order valence-corrected chi connectivity index (χ3v) is 2.20. The van der Waals surface area contributed by atoms with E-state index in [0.29, 0.717) is 6.42 Å². The number of rotatable bonds is 0. The maximum Gasteiger partial charge on any atom is 0.417 e. The molecule has 16 heavy (non-hydrogen) atoms. The molecule has 0 bridgehead atoms. The Labute approximate surface area is 94.7 Å². The molecule has 1 atom stereocenters. The highest BCUT2D eigenvalue weighted by Crippen LogP contribution is 2.25. The summed E-state index contributed by atoms with van der Waals surface area (Å²) in [5.74, 6) is -0.482. The van der Waals surface area contributed by atoms with Gasteiger partial charge in [-0.05, 0) is 27.7 Å². The predicted molar refractivity (Wildman–Crippen MR) is 57.9 cm³/mol. The number of amides is 2. The minimum absolute atomic E-state index is 0.235. The van der Waals surface area contributed by atoms with Crippen molar-refractivity contribution in [3.63, 3.8) is 0 Å². The van der Waals surface area contributed by atoms with Gasteiger partial charge in [0.1, 0.15) is 5.60 Å². The van der Waals surface area contributed by atoms with Gasteiger partial charge >= 0.3 is 6.09 Å². The van der Waals surface area contributed by atoms with E-state index in [1.807, 2.05) is 0 Å². The molecule has 0 aromatic heterocycles. The first kappa shape index (κ1) is 12.5. The van der Waals surface area contributed by atoms with Gasteiger partial charge in [-0.15, -0.1) is 0 Å². The zero-order chi connectivity index (χ0) is 12.5. The van der Waals surface area contributed by atoms with E-state index >= 15 is 0 Å². The number of hydrogen-bond donors (Lipinski definition) is 1. The van der Waals surface area contributed by atoms with Crippen molar-refractivity contribution in [3.8, 4) is 0 Å². The van der Waals surface area contributed by atoms with Crippen LogP contribution in [0.25, 0.3) is 0 Å². The van der Waals surface area contributed by atoms with Crippen LogP contribution in [0, 0.1) is 0 Å². The molecular formula is C11H17NO4. The van der Waals surface area contributed by atoms with E-state index in [2.05, 4.69) is 0 Å². The van der Waals surface area contributed by atoms with Crippen molar-refractivity contribution in [1.82, 2.24) is 4.90 Å². The van der Waals surface area contributed by atoms with E-state index in [1.54, 1.807) is 27.7 Å². The molecule has 1 heterocycles. The molecule has 0 aromatic carbocycles. The van der Waals surface area contributed by atoms with Crippen LogP contribution >= 0.6 is 0 Å². The standard InChI is InChI=1S/C11H17NO4/c1-7-5-8(6-13)9(14)12(7)10(15)16-11(2,3)4/h6-7,13H,5H2,1-4H3/b8-6-. The molecule has 5 heteroatoms. The van der Waals surface area contributed by atoms with Crippen molar-refractivity contribution >= 4 is 12.0 Å². The van der Waals surface area contributed by atoms with Crippen LogP contribution in [0.2, 0.25) is 0 Å². The van der Waals surface area contributed by atoms with Crippen LogP contribution < -0.4 is 0 Å². The number of hydrogen-bond acceptors (Lipinski definition) is 4. The fourth-order valence-corrected chi connectivity index (χ4v) is 1.53. The number of nitrogens with zero attached hydrogens (tertiary/aromatic N) is 1. The monoisotopic (exact) mass is 227 g/mol. The highest BCUT2D eigenvalue weighted by atomic mass is 16.6. The van der Waals surface area contributed by atoms with Crippen LogP contribution in [-0.4, -0.2) is 33.6 Å². The van der Waals surface area contributed by atoms with E-state index in [9.17, 15) is 9.59 Å². The molecule has 0 aliphatic carbocycles. The van der Waals surface area contributed by atoms with Crippen molar-refractivity contribution in [2.24, 2.45) is 0 Å². The van der Waals surface area contributed by atoms with E-state index in [1.165, 1.54) is 0 Å². The minimum atomic E-state index is -0.665. The molecule has 5 nitrogen and oxygen atoms in total. The summed E-state index contributed by atoms with van der Waals surface area (Å²) < 4.78 is 5.11. The van der Waals surface area contributed by atoms with E-state index < -0.39 is 17.6 Å². The third-order valence-electron chi connectivity index (χ3n) is 2.20. The maximum atomic E-state index is 11.7. The Morgan fingerprint density at radius 2 is 2.12 bits per heavy atom. The topological polar surface area (TPSA) is 66.8 Å². The van der Waals surface area contributed by atoms with Crippen molar-refractivity contribution in [1.29, 1.82) is 0 Å². The Morgan fingerprint density at radius 1 is 1.56 bits per heavy atom. The Morgan fingerprint density at radius 3 is 2.50 bits per heavy atom. The SMILES string of the molecule is CC1C/C(=C/O)C(=O)N1C(=O)OC(C)(C)C. The molecule has 1 aliphatic heterocycles.